The van der Waals surface area contributed by atoms with E-state index in [0.29, 0.717) is 0 Å². The van der Waals surface area contributed by atoms with Crippen molar-refractivity contribution in [3.8, 4) is 11.5 Å². The summed E-state index contributed by atoms with van der Waals surface area (Å²) >= 11 is 0. The number of ether oxygens (including phenoxy) is 2. The third-order valence-corrected chi connectivity index (χ3v) is 3.22. The number of halogens is 1. The maximum absolute atomic E-state index is 13.5. The summed E-state index contributed by atoms with van der Waals surface area (Å²) in [4.78, 5) is 22.4. The molecule has 25 heavy (non-hydrogen) atoms. The summed E-state index contributed by atoms with van der Waals surface area (Å²) in [5.74, 6) is -1.04. The van der Waals surface area contributed by atoms with Crippen molar-refractivity contribution in [1.29, 1.82) is 0 Å². The Morgan fingerprint density at radius 3 is 2.48 bits per heavy atom. The minimum Gasteiger partial charge on any atom is -0.493 e. The molecule has 130 valence electrons. The monoisotopic (exact) mass is 347 g/mol. The van der Waals surface area contributed by atoms with Crippen LogP contribution < -0.4 is 14.9 Å². The zero-order chi connectivity index (χ0) is 18.4. The van der Waals surface area contributed by atoms with Crippen LogP contribution in [0.25, 0.3) is 0 Å². The third-order valence-electron chi connectivity index (χ3n) is 3.22. The van der Waals surface area contributed by atoms with Gasteiger partial charge in [-0.1, -0.05) is 12.1 Å². The average molecular weight is 347 g/mol. The molecule has 0 saturated carbocycles. The summed E-state index contributed by atoms with van der Waals surface area (Å²) < 4.78 is 23.6. The van der Waals surface area contributed by atoms with Gasteiger partial charge in [-0.05, 0) is 18.2 Å². The van der Waals surface area contributed by atoms with Gasteiger partial charge in [-0.2, -0.15) is 5.10 Å². The highest BCUT2D eigenvalue weighted by molar-refractivity contribution is 5.95. The molecule has 0 aliphatic rings. The highest BCUT2D eigenvalue weighted by Gasteiger charge is 2.18. The van der Waals surface area contributed by atoms with Gasteiger partial charge in [0.15, 0.2) is 11.5 Å². The molecule has 0 aromatic heterocycles. The fraction of sp³-hybridized carbons (Fsp3) is 0.125. The van der Waals surface area contributed by atoms with E-state index >= 15 is 0 Å². The molecular weight excluding hydrogens is 333 g/mol. The van der Waals surface area contributed by atoms with Gasteiger partial charge in [0.25, 0.3) is 11.6 Å². The number of amides is 1. The van der Waals surface area contributed by atoms with Crippen LogP contribution in [-0.2, 0) is 0 Å². The first-order valence-corrected chi connectivity index (χ1v) is 6.96. The molecule has 0 atom stereocenters. The number of benzene rings is 2. The summed E-state index contributed by atoms with van der Waals surface area (Å²) in [6, 6.07) is 7.90. The van der Waals surface area contributed by atoms with Crippen LogP contribution in [0.3, 0.4) is 0 Å². The lowest BCUT2D eigenvalue weighted by Gasteiger charge is -2.08. The Balaban J connectivity index is 2.26. The van der Waals surface area contributed by atoms with Gasteiger partial charge >= 0.3 is 0 Å². The Morgan fingerprint density at radius 1 is 1.24 bits per heavy atom. The first kappa shape index (κ1) is 17.9. The second-order valence-corrected chi connectivity index (χ2v) is 4.70. The summed E-state index contributed by atoms with van der Waals surface area (Å²) in [7, 11) is 2.73. The number of nitrogens with one attached hydrogen (secondary N) is 1. The minimum absolute atomic E-state index is 0.0801. The SMILES string of the molecule is COc1cc(/C=N\NC(=O)c2ccccc2F)c([N+](=O)[O-])cc1OC. The summed E-state index contributed by atoms with van der Waals surface area (Å²) in [5.41, 5.74) is 1.71. The summed E-state index contributed by atoms with van der Waals surface area (Å²) in [5, 5.41) is 14.8. The molecule has 9 heteroatoms. The number of nitrogens with zero attached hydrogens (tertiary/aromatic N) is 2. The predicted molar refractivity (Wildman–Crippen MR) is 87.7 cm³/mol. The van der Waals surface area contributed by atoms with Gasteiger partial charge in [-0.25, -0.2) is 9.82 Å². The summed E-state index contributed by atoms with van der Waals surface area (Å²) in [6.07, 6.45) is 1.07. The molecule has 0 spiro atoms. The Hall–Kier alpha value is -3.49. The van der Waals surface area contributed by atoms with Crippen molar-refractivity contribution < 1.29 is 23.6 Å². The van der Waals surface area contributed by atoms with Crippen LogP contribution in [0, 0.1) is 15.9 Å². The zero-order valence-corrected chi connectivity index (χ0v) is 13.4. The van der Waals surface area contributed by atoms with Crippen LogP contribution in [0.2, 0.25) is 0 Å². The van der Waals surface area contributed by atoms with Gasteiger partial charge in [0.1, 0.15) is 5.82 Å². The molecule has 0 aliphatic carbocycles. The Labute approximate surface area is 142 Å². The second kappa shape index (κ2) is 7.86. The Morgan fingerprint density at radius 2 is 1.88 bits per heavy atom. The number of rotatable bonds is 6. The zero-order valence-electron chi connectivity index (χ0n) is 13.4. The molecule has 2 rings (SSSR count). The van der Waals surface area contributed by atoms with Crippen LogP contribution in [-0.4, -0.2) is 31.3 Å². The van der Waals surface area contributed by atoms with E-state index in [1.165, 1.54) is 44.6 Å². The van der Waals surface area contributed by atoms with Crippen LogP contribution in [0.4, 0.5) is 10.1 Å². The first-order chi connectivity index (χ1) is 12.0. The molecule has 8 nitrogen and oxygen atoms in total. The normalized spacial score (nSPS) is 10.5. The van der Waals surface area contributed by atoms with Crippen molar-refractivity contribution in [3.63, 3.8) is 0 Å². The van der Waals surface area contributed by atoms with Gasteiger partial charge in [0, 0.05) is 0 Å². The Bertz CT molecular complexity index is 839. The van der Waals surface area contributed by atoms with E-state index in [-0.39, 0.29) is 28.3 Å². The van der Waals surface area contributed by atoms with E-state index in [1.54, 1.807) is 0 Å². The van der Waals surface area contributed by atoms with Gasteiger partial charge in [-0.15, -0.1) is 0 Å². The maximum Gasteiger partial charge on any atom is 0.282 e. The van der Waals surface area contributed by atoms with Crippen molar-refractivity contribution in [2.24, 2.45) is 5.10 Å². The number of carbonyl (C=O) groups excluding carboxylic acids is 1. The molecule has 2 aromatic rings. The fourth-order valence-corrected chi connectivity index (χ4v) is 2.01. The lowest BCUT2D eigenvalue weighted by molar-refractivity contribution is -0.385. The topological polar surface area (TPSA) is 103 Å². The number of hydrogen-bond acceptors (Lipinski definition) is 6. The largest absolute Gasteiger partial charge is 0.493 e. The lowest BCUT2D eigenvalue weighted by Crippen LogP contribution is -2.19. The highest BCUT2D eigenvalue weighted by Crippen LogP contribution is 2.33. The molecule has 1 N–H and O–H groups in total. The van der Waals surface area contributed by atoms with Gasteiger partial charge in [0.2, 0.25) is 0 Å². The summed E-state index contributed by atoms with van der Waals surface area (Å²) in [6.45, 7) is 0. The second-order valence-electron chi connectivity index (χ2n) is 4.70. The molecule has 2 aromatic carbocycles. The van der Waals surface area contributed by atoms with Crippen LogP contribution in [0.1, 0.15) is 15.9 Å². The smallest absolute Gasteiger partial charge is 0.282 e. The van der Waals surface area contributed by atoms with Crippen molar-refractivity contribution >= 4 is 17.8 Å². The molecule has 0 heterocycles. The maximum atomic E-state index is 13.5. The van der Waals surface area contributed by atoms with Crippen molar-refractivity contribution in [3.05, 3.63) is 63.5 Å². The lowest BCUT2D eigenvalue weighted by atomic mass is 10.1. The van der Waals surface area contributed by atoms with Crippen molar-refractivity contribution in [2.75, 3.05) is 14.2 Å². The third kappa shape index (κ3) is 4.08. The van der Waals surface area contributed by atoms with Crippen LogP contribution in [0.5, 0.6) is 11.5 Å². The predicted octanol–water partition coefficient (Wildman–Crippen LogP) is 2.52. The number of methoxy groups -OCH3 is 2. The van der Waals surface area contributed by atoms with E-state index in [0.717, 1.165) is 12.3 Å². The average Bonchev–Trinajstić information content (AvgIpc) is 2.61. The van der Waals surface area contributed by atoms with E-state index in [4.69, 9.17) is 9.47 Å². The number of hydrogen-bond donors (Lipinski definition) is 1. The minimum atomic E-state index is -0.780. The first-order valence-electron chi connectivity index (χ1n) is 6.96. The van der Waals surface area contributed by atoms with E-state index in [9.17, 15) is 19.3 Å². The molecule has 0 fully saturated rings. The number of carbonyl (C=O) groups is 1. The number of nitro benzene ring substituents is 1. The van der Waals surface area contributed by atoms with Gasteiger partial charge in [-0.3, -0.25) is 14.9 Å². The van der Waals surface area contributed by atoms with E-state index in [2.05, 4.69) is 10.5 Å². The molecular formula is C16H14FN3O5. The van der Waals surface area contributed by atoms with Crippen LogP contribution in [0.15, 0.2) is 41.5 Å². The quantitative estimate of drug-likeness (QED) is 0.491. The van der Waals surface area contributed by atoms with Crippen molar-refractivity contribution in [1.82, 2.24) is 5.43 Å². The number of nitro groups is 1. The standard InChI is InChI=1S/C16H14FN3O5/c1-24-14-7-10(13(20(22)23)8-15(14)25-2)9-18-19-16(21)11-5-3-4-6-12(11)17/h3-9H,1-2H3,(H,19,21)/b18-9-. The number of hydrazone groups is 1. The molecule has 0 radical (unpaired) electrons. The van der Waals surface area contributed by atoms with Gasteiger partial charge in [0.05, 0.1) is 42.6 Å². The molecule has 0 bridgehead atoms. The van der Waals surface area contributed by atoms with E-state index < -0.39 is 16.6 Å². The molecule has 0 unspecified atom stereocenters. The Kier molecular flexibility index (Phi) is 5.62. The van der Waals surface area contributed by atoms with Gasteiger partial charge < -0.3 is 9.47 Å². The molecule has 0 aliphatic heterocycles. The van der Waals surface area contributed by atoms with Crippen molar-refractivity contribution in [2.45, 2.75) is 0 Å². The molecule has 0 saturated heterocycles. The highest BCUT2D eigenvalue weighted by atomic mass is 19.1. The fourth-order valence-electron chi connectivity index (χ4n) is 2.01. The van der Waals surface area contributed by atoms with Crippen LogP contribution >= 0.6 is 0 Å². The molecule has 1 amide bonds. The van der Waals surface area contributed by atoms with E-state index in [1.807, 2.05) is 0 Å².